The van der Waals surface area contributed by atoms with E-state index < -0.39 is 0 Å². The van der Waals surface area contributed by atoms with Gasteiger partial charge in [-0.2, -0.15) is 0 Å². The third kappa shape index (κ3) is 2.37. The summed E-state index contributed by atoms with van der Waals surface area (Å²) >= 11 is 5.45. The fraction of sp³-hybridized carbons (Fsp3) is 0.727. The normalized spacial score (nSPS) is 16.6. The Balaban J connectivity index is 2.17. The molecule has 1 aliphatic carbocycles. The molecule has 0 unspecified atom stereocenters. The monoisotopic (exact) mass is 273 g/mol. The quantitative estimate of drug-likeness (QED) is 0.753. The minimum absolute atomic E-state index is 0.719. The molecule has 3 heteroatoms. The Labute approximate surface area is 98.1 Å². The Hall–Kier alpha value is 0.110. The Morgan fingerprint density at radius 1 is 1.50 bits per heavy atom. The topological polar surface area (TPSA) is 12.9 Å². The van der Waals surface area contributed by atoms with Crippen LogP contribution in [0.15, 0.2) is 0 Å². The summed E-state index contributed by atoms with van der Waals surface area (Å²) in [6.07, 6.45) is 3.84. The lowest BCUT2D eigenvalue weighted by Gasteiger charge is -1.98. The molecule has 1 aliphatic rings. The fourth-order valence-electron chi connectivity index (χ4n) is 1.62. The maximum absolute atomic E-state index is 4.77. The van der Waals surface area contributed by atoms with Crippen molar-refractivity contribution in [1.29, 1.82) is 0 Å². The van der Waals surface area contributed by atoms with Gasteiger partial charge in [0.05, 0.1) is 10.7 Å². The fourth-order valence-corrected chi connectivity index (χ4v) is 3.47. The van der Waals surface area contributed by atoms with Crippen molar-refractivity contribution in [2.75, 3.05) is 0 Å². The number of rotatable bonds is 4. The highest BCUT2D eigenvalue weighted by molar-refractivity contribution is 9.08. The van der Waals surface area contributed by atoms with Crippen LogP contribution in [0.2, 0.25) is 0 Å². The van der Waals surface area contributed by atoms with Crippen molar-refractivity contribution < 1.29 is 0 Å². The minimum Gasteiger partial charge on any atom is -0.246 e. The summed E-state index contributed by atoms with van der Waals surface area (Å²) in [7, 11) is 0. The van der Waals surface area contributed by atoms with Crippen molar-refractivity contribution >= 4 is 27.3 Å². The van der Waals surface area contributed by atoms with Gasteiger partial charge in [-0.05, 0) is 18.8 Å². The Morgan fingerprint density at radius 2 is 2.21 bits per heavy atom. The average molecular weight is 274 g/mol. The Bertz CT molecular complexity index is 315. The summed E-state index contributed by atoms with van der Waals surface area (Å²) in [5.74, 6) is 1.51. The van der Waals surface area contributed by atoms with Gasteiger partial charge in [-0.15, -0.1) is 11.3 Å². The van der Waals surface area contributed by atoms with E-state index in [4.69, 9.17) is 4.98 Å². The largest absolute Gasteiger partial charge is 0.246 e. The number of halogens is 1. The molecule has 1 aromatic heterocycles. The zero-order valence-corrected chi connectivity index (χ0v) is 11.1. The molecular formula is C11H16BrNS. The second-order valence-corrected chi connectivity index (χ2v) is 6.15. The zero-order valence-electron chi connectivity index (χ0n) is 8.72. The van der Waals surface area contributed by atoms with Gasteiger partial charge in [-0.1, -0.05) is 29.8 Å². The van der Waals surface area contributed by atoms with Crippen LogP contribution in [0.5, 0.6) is 0 Å². The molecule has 0 atom stereocenters. The van der Waals surface area contributed by atoms with Crippen molar-refractivity contribution in [3.05, 3.63) is 15.6 Å². The van der Waals surface area contributed by atoms with Crippen LogP contribution in [0.25, 0.3) is 0 Å². The van der Waals surface area contributed by atoms with Gasteiger partial charge in [0.1, 0.15) is 0 Å². The summed E-state index contributed by atoms with van der Waals surface area (Å²) in [5, 5.41) is 2.31. The molecule has 0 aliphatic heterocycles. The molecule has 2 rings (SSSR count). The Morgan fingerprint density at radius 3 is 2.71 bits per heavy atom. The van der Waals surface area contributed by atoms with Gasteiger partial charge in [0.15, 0.2) is 0 Å². The molecule has 0 aromatic carbocycles. The lowest BCUT2D eigenvalue weighted by atomic mass is 10.1. The van der Waals surface area contributed by atoms with Crippen LogP contribution in [-0.4, -0.2) is 4.98 Å². The first-order valence-corrected chi connectivity index (χ1v) is 7.19. The van der Waals surface area contributed by atoms with Gasteiger partial charge in [0, 0.05) is 22.5 Å². The van der Waals surface area contributed by atoms with E-state index in [9.17, 15) is 0 Å². The van der Waals surface area contributed by atoms with E-state index in [0.717, 1.165) is 23.6 Å². The molecule has 14 heavy (non-hydrogen) atoms. The van der Waals surface area contributed by atoms with Crippen LogP contribution < -0.4 is 0 Å². The number of hydrogen-bond donors (Lipinski definition) is 0. The van der Waals surface area contributed by atoms with Gasteiger partial charge in [0.2, 0.25) is 0 Å². The molecule has 1 nitrogen and oxygen atoms in total. The summed E-state index contributed by atoms with van der Waals surface area (Å²) in [6.45, 7) is 4.51. The second kappa shape index (κ2) is 4.31. The summed E-state index contributed by atoms with van der Waals surface area (Å²) < 4.78 is 0. The molecule has 1 heterocycles. The first kappa shape index (κ1) is 10.6. The van der Waals surface area contributed by atoms with Crippen LogP contribution in [0.3, 0.4) is 0 Å². The molecule has 1 saturated carbocycles. The van der Waals surface area contributed by atoms with Crippen LogP contribution in [0.4, 0.5) is 0 Å². The van der Waals surface area contributed by atoms with E-state index in [1.807, 2.05) is 11.3 Å². The molecular weight excluding hydrogens is 258 g/mol. The van der Waals surface area contributed by atoms with Crippen LogP contribution >= 0.6 is 27.3 Å². The predicted molar refractivity (Wildman–Crippen MR) is 65.3 cm³/mol. The second-order valence-electron chi connectivity index (χ2n) is 4.42. The van der Waals surface area contributed by atoms with E-state index >= 15 is 0 Å². The molecule has 0 saturated heterocycles. The van der Waals surface area contributed by atoms with Crippen molar-refractivity contribution in [2.24, 2.45) is 5.92 Å². The van der Waals surface area contributed by atoms with Crippen LogP contribution in [0, 0.1) is 5.92 Å². The highest BCUT2D eigenvalue weighted by Crippen LogP contribution is 2.43. The molecule has 0 radical (unpaired) electrons. The predicted octanol–water partition coefficient (Wildman–Crippen LogP) is 4.11. The lowest BCUT2D eigenvalue weighted by molar-refractivity contribution is 0.643. The minimum atomic E-state index is 0.719. The molecule has 0 N–H and O–H groups in total. The summed E-state index contributed by atoms with van der Waals surface area (Å²) in [5.41, 5.74) is 1.39. The van der Waals surface area contributed by atoms with Crippen LogP contribution in [-0.2, 0) is 11.8 Å². The Kier molecular flexibility index (Phi) is 3.27. The highest BCUT2D eigenvalue weighted by Gasteiger charge is 2.29. The SMILES string of the molecule is CC(C)Cc1nc(C2CC2)c(CBr)s1. The molecule has 0 spiro atoms. The molecule has 78 valence electrons. The molecule has 1 aromatic rings. The third-order valence-corrected chi connectivity index (χ3v) is 4.47. The zero-order chi connectivity index (χ0) is 10.1. The van der Waals surface area contributed by atoms with Gasteiger partial charge in [0.25, 0.3) is 0 Å². The average Bonchev–Trinajstić information content (AvgIpc) is 2.88. The first-order chi connectivity index (χ1) is 6.70. The van der Waals surface area contributed by atoms with Crippen LogP contribution in [0.1, 0.15) is 48.2 Å². The smallest absolute Gasteiger partial charge is 0.0934 e. The maximum atomic E-state index is 4.77. The third-order valence-electron chi connectivity index (χ3n) is 2.44. The molecule has 0 amide bonds. The van der Waals surface area contributed by atoms with Gasteiger partial charge >= 0.3 is 0 Å². The number of alkyl halides is 1. The van der Waals surface area contributed by atoms with E-state index in [1.165, 1.54) is 28.4 Å². The number of aromatic nitrogens is 1. The number of thiazole rings is 1. The van der Waals surface area contributed by atoms with E-state index in [1.54, 1.807) is 0 Å². The van der Waals surface area contributed by atoms with Crippen molar-refractivity contribution in [2.45, 2.75) is 44.4 Å². The van der Waals surface area contributed by atoms with E-state index in [2.05, 4.69) is 29.8 Å². The maximum Gasteiger partial charge on any atom is 0.0934 e. The van der Waals surface area contributed by atoms with Gasteiger partial charge < -0.3 is 0 Å². The number of hydrogen-bond acceptors (Lipinski definition) is 2. The van der Waals surface area contributed by atoms with E-state index in [0.29, 0.717) is 0 Å². The highest BCUT2D eigenvalue weighted by atomic mass is 79.9. The van der Waals surface area contributed by atoms with Gasteiger partial charge in [-0.25, -0.2) is 4.98 Å². The van der Waals surface area contributed by atoms with Gasteiger partial charge in [-0.3, -0.25) is 0 Å². The van der Waals surface area contributed by atoms with Crippen molar-refractivity contribution in [3.8, 4) is 0 Å². The molecule has 1 fully saturated rings. The number of nitrogens with zero attached hydrogens (tertiary/aromatic N) is 1. The van der Waals surface area contributed by atoms with E-state index in [-0.39, 0.29) is 0 Å². The lowest BCUT2D eigenvalue weighted by Crippen LogP contribution is -1.93. The summed E-state index contributed by atoms with van der Waals surface area (Å²) in [6, 6.07) is 0. The standard InChI is InChI=1S/C11H16BrNS/c1-7(2)5-10-13-11(8-3-4-8)9(6-12)14-10/h7-8H,3-6H2,1-2H3. The first-order valence-electron chi connectivity index (χ1n) is 5.25. The van der Waals surface area contributed by atoms with Crippen molar-refractivity contribution in [3.63, 3.8) is 0 Å². The van der Waals surface area contributed by atoms with Crippen molar-refractivity contribution in [1.82, 2.24) is 4.98 Å². The molecule has 0 bridgehead atoms. The summed E-state index contributed by atoms with van der Waals surface area (Å²) in [4.78, 5) is 6.23.